The molecule has 0 rings (SSSR count). The molecule has 0 amide bonds. The predicted molar refractivity (Wildman–Crippen MR) is 81.2 cm³/mol. The molecule has 1 unspecified atom stereocenters. The zero-order valence-corrected chi connectivity index (χ0v) is 13.9. The van der Waals surface area contributed by atoms with Crippen LogP contribution in [0.15, 0.2) is 0 Å². The highest BCUT2D eigenvalue weighted by Gasteiger charge is 2.21. The van der Waals surface area contributed by atoms with Crippen LogP contribution in [0.5, 0.6) is 0 Å². The second-order valence-electron chi connectivity index (χ2n) is 5.77. The smallest absolute Gasteiger partial charge is 0.323 e. The fourth-order valence-corrected chi connectivity index (χ4v) is 1.39. The number of carbonyl (C=O) groups excluding carboxylic acids is 1. The summed E-state index contributed by atoms with van der Waals surface area (Å²) in [6, 6.07) is -0.646. The molecule has 0 aromatic heterocycles. The van der Waals surface area contributed by atoms with Crippen LogP contribution in [0.25, 0.3) is 0 Å². The fourth-order valence-electron chi connectivity index (χ4n) is 1.39. The summed E-state index contributed by atoms with van der Waals surface area (Å²) in [6.07, 6.45) is 1.45. The highest BCUT2D eigenvalue weighted by atomic mass is 16.6. The summed E-state index contributed by atoms with van der Waals surface area (Å²) >= 11 is 0. The Bertz CT molecular complexity index is 265. The number of ether oxygens (including phenoxy) is 4. The van der Waals surface area contributed by atoms with E-state index in [2.05, 4.69) is 6.92 Å². The number of carbonyl (C=O) groups is 1. The average Bonchev–Trinajstić information content (AvgIpc) is 2.38. The van der Waals surface area contributed by atoms with E-state index in [1.807, 2.05) is 20.8 Å². The van der Waals surface area contributed by atoms with Crippen molar-refractivity contribution in [2.75, 3.05) is 39.6 Å². The lowest BCUT2D eigenvalue weighted by molar-refractivity contribution is -0.157. The normalized spacial score (nSPS) is 13.2. The topological polar surface area (TPSA) is 80.0 Å². The molecule has 6 nitrogen and oxygen atoms in total. The van der Waals surface area contributed by atoms with Crippen LogP contribution in [0.1, 0.15) is 40.5 Å². The van der Waals surface area contributed by atoms with E-state index in [-0.39, 0.29) is 0 Å². The molecular weight excluding hydrogens is 274 g/mol. The van der Waals surface area contributed by atoms with Crippen molar-refractivity contribution in [2.24, 2.45) is 5.73 Å². The third kappa shape index (κ3) is 14.0. The first kappa shape index (κ1) is 20.3. The van der Waals surface area contributed by atoms with Gasteiger partial charge in [0.25, 0.3) is 0 Å². The Balaban J connectivity index is 3.40. The van der Waals surface area contributed by atoms with E-state index in [0.717, 1.165) is 13.0 Å². The monoisotopic (exact) mass is 305 g/mol. The molecule has 0 saturated heterocycles. The van der Waals surface area contributed by atoms with Gasteiger partial charge in [0.1, 0.15) is 11.6 Å². The number of rotatable bonds is 12. The van der Waals surface area contributed by atoms with E-state index in [1.165, 1.54) is 0 Å². The van der Waals surface area contributed by atoms with Gasteiger partial charge in [-0.3, -0.25) is 4.79 Å². The molecule has 0 spiro atoms. The second kappa shape index (κ2) is 11.9. The quantitative estimate of drug-likeness (QED) is 0.435. The summed E-state index contributed by atoms with van der Waals surface area (Å²) in [5, 5.41) is 0. The van der Waals surface area contributed by atoms with Crippen molar-refractivity contribution in [1.82, 2.24) is 0 Å². The number of esters is 1. The Kier molecular flexibility index (Phi) is 11.5. The van der Waals surface area contributed by atoms with E-state index in [0.29, 0.717) is 39.5 Å². The molecule has 0 aromatic rings. The van der Waals surface area contributed by atoms with Crippen molar-refractivity contribution in [2.45, 2.75) is 52.2 Å². The molecule has 126 valence electrons. The van der Waals surface area contributed by atoms with Gasteiger partial charge < -0.3 is 24.7 Å². The number of hydrogen-bond acceptors (Lipinski definition) is 6. The van der Waals surface area contributed by atoms with Crippen molar-refractivity contribution in [3.8, 4) is 0 Å². The number of nitrogens with two attached hydrogens (primary N) is 1. The maximum atomic E-state index is 11.6. The van der Waals surface area contributed by atoms with Crippen LogP contribution in [-0.2, 0) is 23.7 Å². The van der Waals surface area contributed by atoms with Gasteiger partial charge in [-0.15, -0.1) is 0 Å². The molecule has 0 bridgehead atoms. The molecule has 0 aromatic carbocycles. The van der Waals surface area contributed by atoms with Crippen molar-refractivity contribution < 1.29 is 23.7 Å². The van der Waals surface area contributed by atoms with Crippen molar-refractivity contribution >= 4 is 5.97 Å². The lowest BCUT2D eigenvalue weighted by atomic mass is 10.2. The van der Waals surface area contributed by atoms with Gasteiger partial charge >= 0.3 is 5.97 Å². The molecule has 1 atom stereocenters. The molecule has 2 N–H and O–H groups in total. The van der Waals surface area contributed by atoms with Gasteiger partial charge in [0, 0.05) is 13.2 Å². The SMILES string of the molecule is CCCOCCOCCOCCC(N)C(=O)OC(C)(C)C. The van der Waals surface area contributed by atoms with Crippen LogP contribution in [0.3, 0.4) is 0 Å². The Hall–Kier alpha value is -0.690. The molecule has 21 heavy (non-hydrogen) atoms. The van der Waals surface area contributed by atoms with E-state index < -0.39 is 17.6 Å². The lowest BCUT2D eigenvalue weighted by Crippen LogP contribution is -2.38. The van der Waals surface area contributed by atoms with Crippen LogP contribution < -0.4 is 5.73 Å². The molecule has 0 aliphatic carbocycles. The average molecular weight is 305 g/mol. The van der Waals surface area contributed by atoms with E-state index in [1.54, 1.807) is 0 Å². The summed E-state index contributed by atoms with van der Waals surface area (Å²) in [5.74, 6) is -0.393. The molecule has 0 heterocycles. The molecule has 0 saturated carbocycles. The molecule has 0 aliphatic heterocycles. The second-order valence-corrected chi connectivity index (χ2v) is 5.77. The standard InChI is InChI=1S/C15H31NO5/c1-5-7-18-9-11-20-12-10-19-8-6-13(16)14(17)21-15(2,3)4/h13H,5-12,16H2,1-4H3. The van der Waals surface area contributed by atoms with Crippen molar-refractivity contribution in [3.05, 3.63) is 0 Å². The molecule has 0 fully saturated rings. The van der Waals surface area contributed by atoms with E-state index in [9.17, 15) is 4.79 Å². The minimum absolute atomic E-state index is 0.393. The zero-order chi connectivity index (χ0) is 16.1. The van der Waals surface area contributed by atoms with E-state index >= 15 is 0 Å². The first-order chi connectivity index (χ1) is 9.87. The van der Waals surface area contributed by atoms with Crippen LogP contribution in [0.4, 0.5) is 0 Å². The molecule has 0 radical (unpaired) electrons. The fraction of sp³-hybridized carbons (Fsp3) is 0.933. The van der Waals surface area contributed by atoms with E-state index in [4.69, 9.17) is 24.7 Å². The van der Waals surface area contributed by atoms with Crippen LogP contribution >= 0.6 is 0 Å². The van der Waals surface area contributed by atoms with Gasteiger partial charge in [-0.05, 0) is 33.6 Å². The summed E-state index contributed by atoms with van der Waals surface area (Å²) in [5.41, 5.74) is 5.22. The van der Waals surface area contributed by atoms with Gasteiger partial charge in [0.15, 0.2) is 0 Å². The maximum Gasteiger partial charge on any atom is 0.323 e. The highest BCUT2D eigenvalue weighted by molar-refractivity contribution is 5.75. The predicted octanol–water partition coefficient (Wildman–Crippen LogP) is 1.51. The highest BCUT2D eigenvalue weighted by Crippen LogP contribution is 2.08. The minimum Gasteiger partial charge on any atom is -0.459 e. The van der Waals surface area contributed by atoms with Crippen LogP contribution in [0, 0.1) is 0 Å². The largest absolute Gasteiger partial charge is 0.459 e. The maximum absolute atomic E-state index is 11.6. The third-order valence-corrected chi connectivity index (χ3v) is 2.38. The Morgan fingerprint density at radius 3 is 1.90 bits per heavy atom. The summed E-state index contributed by atoms with van der Waals surface area (Å²) < 4.78 is 21.1. The minimum atomic E-state index is -0.646. The third-order valence-electron chi connectivity index (χ3n) is 2.38. The Morgan fingerprint density at radius 1 is 0.952 bits per heavy atom. The molecule has 0 aliphatic rings. The van der Waals surface area contributed by atoms with Crippen molar-refractivity contribution in [3.63, 3.8) is 0 Å². The summed E-state index contributed by atoms with van der Waals surface area (Å²) in [7, 11) is 0. The first-order valence-electron chi connectivity index (χ1n) is 7.58. The first-order valence-corrected chi connectivity index (χ1v) is 7.58. The van der Waals surface area contributed by atoms with Crippen LogP contribution in [0.2, 0.25) is 0 Å². The summed E-state index contributed by atoms with van der Waals surface area (Å²) in [6.45, 7) is 10.9. The zero-order valence-electron chi connectivity index (χ0n) is 13.9. The van der Waals surface area contributed by atoms with Gasteiger partial charge in [0.2, 0.25) is 0 Å². The lowest BCUT2D eigenvalue weighted by Gasteiger charge is -2.22. The molecule has 6 heteroatoms. The Morgan fingerprint density at radius 2 is 1.43 bits per heavy atom. The Labute approximate surface area is 128 Å². The number of hydrogen-bond donors (Lipinski definition) is 1. The molecular formula is C15H31NO5. The van der Waals surface area contributed by atoms with Gasteiger partial charge in [-0.25, -0.2) is 0 Å². The van der Waals surface area contributed by atoms with Gasteiger partial charge in [-0.2, -0.15) is 0 Å². The van der Waals surface area contributed by atoms with Gasteiger partial charge in [-0.1, -0.05) is 6.92 Å². The van der Waals surface area contributed by atoms with Crippen LogP contribution in [-0.4, -0.2) is 57.3 Å². The van der Waals surface area contributed by atoms with Gasteiger partial charge in [0.05, 0.1) is 26.4 Å². The summed E-state index contributed by atoms with van der Waals surface area (Å²) in [4.78, 5) is 11.6. The van der Waals surface area contributed by atoms with Crippen molar-refractivity contribution in [1.29, 1.82) is 0 Å².